The minimum atomic E-state index is 0.164. The fourth-order valence-electron chi connectivity index (χ4n) is 5.52. The molecule has 0 spiro atoms. The number of hydrogen-bond donors (Lipinski definition) is 2. The van der Waals surface area contributed by atoms with Crippen LogP contribution in [0.2, 0.25) is 0 Å². The highest BCUT2D eigenvalue weighted by Gasteiger charge is 2.38. The molecule has 0 amide bonds. The SMILES string of the molecule is CCC(CC)C1(NC2CCCCC2)C=CC=C(NC2CCCCC2)C1. The van der Waals surface area contributed by atoms with E-state index in [-0.39, 0.29) is 5.54 Å². The van der Waals surface area contributed by atoms with Gasteiger partial charge >= 0.3 is 0 Å². The van der Waals surface area contributed by atoms with E-state index in [0.717, 1.165) is 12.3 Å². The first-order valence-corrected chi connectivity index (χ1v) is 11.2. The fraction of sp³-hybridized carbons (Fsp3) is 0.826. The molecule has 3 rings (SSSR count). The molecule has 2 heteroatoms. The van der Waals surface area contributed by atoms with Crippen LogP contribution in [0.25, 0.3) is 0 Å². The van der Waals surface area contributed by atoms with Gasteiger partial charge in [0, 0.05) is 29.7 Å². The first kappa shape index (κ1) is 19.0. The van der Waals surface area contributed by atoms with Crippen LogP contribution >= 0.6 is 0 Å². The van der Waals surface area contributed by atoms with Crippen molar-refractivity contribution in [2.75, 3.05) is 0 Å². The highest BCUT2D eigenvalue weighted by Crippen LogP contribution is 2.36. The Morgan fingerprint density at radius 1 is 0.920 bits per heavy atom. The van der Waals surface area contributed by atoms with Crippen molar-refractivity contribution < 1.29 is 0 Å². The zero-order chi connectivity index (χ0) is 17.5. The minimum Gasteiger partial charge on any atom is -0.386 e. The third kappa shape index (κ3) is 4.90. The van der Waals surface area contributed by atoms with Crippen LogP contribution in [0.5, 0.6) is 0 Å². The monoisotopic (exact) mass is 344 g/mol. The van der Waals surface area contributed by atoms with Gasteiger partial charge in [-0.15, -0.1) is 0 Å². The Hall–Kier alpha value is -0.760. The quantitative estimate of drug-likeness (QED) is 0.605. The van der Waals surface area contributed by atoms with Crippen LogP contribution in [0.15, 0.2) is 23.9 Å². The van der Waals surface area contributed by atoms with Crippen molar-refractivity contribution in [3.05, 3.63) is 23.9 Å². The highest BCUT2D eigenvalue weighted by molar-refractivity contribution is 5.28. The van der Waals surface area contributed by atoms with Gasteiger partial charge in [0.1, 0.15) is 0 Å². The molecular weight excluding hydrogens is 304 g/mol. The Balaban J connectivity index is 1.70. The summed E-state index contributed by atoms with van der Waals surface area (Å²) in [4.78, 5) is 0. The molecule has 0 aromatic heterocycles. The first-order valence-electron chi connectivity index (χ1n) is 11.2. The molecule has 1 atom stereocenters. The van der Waals surface area contributed by atoms with E-state index < -0.39 is 0 Å². The molecule has 142 valence electrons. The van der Waals surface area contributed by atoms with E-state index in [2.05, 4.69) is 42.7 Å². The summed E-state index contributed by atoms with van der Waals surface area (Å²) < 4.78 is 0. The summed E-state index contributed by atoms with van der Waals surface area (Å²) in [7, 11) is 0. The Morgan fingerprint density at radius 2 is 1.52 bits per heavy atom. The summed E-state index contributed by atoms with van der Waals surface area (Å²) >= 11 is 0. The van der Waals surface area contributed by atoms with Crippen LogP contribution in [0, 0.1) is 5.92 Å². The summed E-state index contributed by atoms with van der Waals surface area (Å²) in [5.41, 5.74) is 1.64. The van der Waals surface area contributed by atoms with Crippen molar-refractivity contribution in [3.63, 3.8) is 0 Å². The van der Waals surface area contributed by atoms with E-state index in [1.54, 1.807) is 0 Å². The average Bonchev–Trinajstić information content (AvgIpc) is 2.64. The Bertz CT molecular complexity index is 451. The van der Waals surface area contributed by atoms with Crippen LogP contribution in [-0.2, 0) is 0 Å². The maximum Gasteiger partial charge on any atom is 0.0452 e. The summed E-state index contributed by atoms with van der Waals surface area (Å²) in [5, 5.41) is 8.10. The van der Waals surface area contributed by atoms with E-state index in [9.17, 15) is 0 Å². The summed E-state index contributed by atoms with van der Waals surface area (Å²) in [5.74, 6) is 0.725. The smallest absolute Gasteiger partial charge is 0.0452 e. The highest BCUT2D eigenvalue weighted by atomic mass is 15.0. The zero-order valence-electron chi connectivity index (χ0n) is 16.7. The molecule has 2 nitrogen and oxygen atoms in total. The van der Waals surface area contributed by atoms with Crippen molar-refractivity contribution in [1.82, 2.24) is 10.6 Å². The van der Waals surface area contributed by atoms with Gasteiger partial charge in [0.25, 0.3) is 0 Å². The molecule has 2 saturated carbocycles. The molecule has 2 N–H and O–H groups in total. The van der Waals surface area contributed by atoms with Gasteiger partial charge in [-0.05, 0) is 37.7 Å². The van der Waals surface area contributed by atoms with Crippen molar-refractivity contribution in [1.29, 1.82) is 0 Å². The molecule has 1 unspecified atom stereocenters. The zero-order valence-corrected chi connectivity index (χ0v) is 16.7. The number of allylic oxidation sites excluding steroid dienone is 2. The van der Waals surface area contributed by atoms with Crippen LogP contribution in [0.4, 0.5) is 0 Å². The van der Waals surface area contributed by atoms with Gasteiger partial charge in [0.2, 0.25) is 0 Å². The van der Waals surface area contributed by atoms with E-state index in [1.807, 2.05) is 0 Å². The molecule has 3 aliphatic carbocycles. The number of hydrogen-bond acceptors (Lipinski definition) is 2. The van der Waals surface area contributed by atoms with Gasteiger partial charge in [-0.3, -0.25) is 0 Å². The summed E-state index contributed by atoms with van der Waals surface area (Å²) in [6.45, 7) is 4.75. The molecule has 0 heterocycles. The predicted octanol–water partition coefficient (Wildman–Crippen LogP) is 5.85. The third-order valence-electron chi connectivity index (χ3n) is 6.96. The normalized spacial score (nSPS) is 29.0. The third-order valence-corrected chi connectivity index (χ3v) is 6.96. The Morgan fingerprint density at radius 3 is 2.12 bits per heavy atom. The topological polar surface area (TPSA) is 24.1 Å². The fourth-order valence-corrected chi connectivity index (χ4v) is 5.52. The molecule has 0 aromatic carbocycles. The maximum absolute atomic E-state index is 4.17. The van der Waals surface area contributed by atoms with E-state index in [4.69, 9.17) is 0 Å². The number of rotatable bonds is 7. The second-order valence-electron chi connectivity index (χ2n) is 8.74. The second-order valence-corrected chi connectivity index (χ2v) is 8.74. The van der Waals surface area contributed by atoms with Crippen molar-refractivity contribution in [2.24, 2.45) is 5.92 Å². The molecule has 2 fully saturated rings. The van der Waals surface area contributed by atoms with Crippen LogP contribution in [0.3, 0.4) is 0 Å². The van der Waals surface area contributed by atoms with Crippen molar-refractivity contribution in [3.8, 4) is 0 Å². The Labute approximate surface area is 155 Å². The van der Waals surface area contributed by atoms with Gasteiger partial charge in [-0.25, -0.2) is 0 Å². The Kier molecular flexibility index (Phi) is 7.04. The van der Waals surface area contributed by atoms with Crippen molar-refractivity contribution in [2.45, 2.75) is 115 Å². The minimum absolute atomic E-state index is 0.164. The largest absolute Gasteiger partial charge is 0.386 e. The van der Waals surface area contributed by atoms with E-state index in [1.165, 1.54) is 82.7 Å². The van der Waals surface area contributed by atoms with Gasteiger partial charge in [0.05, 0.1) is 0 Å². The molecule has 0 saturated heterocycles. The lowest BCUT2D eigenvalue weighted by Crippen LogP contribution is -2.56. The lowest BCUT2D eigenvalue weighted by molar-refractivity contribution is 0.196. The predicted molar refractivity (Wildman–Crippen MR) is 109 cm³/mol. The molecule has 0 aliphatic heterocycles. The molecule has 0 aromatic rings. The summed E-state index contributed by atoms with van der Waals surface area (Å²) in [6, 6.07) is 1.42. The number of nitrogens with one attached hydrogen (secondary N) is 2. The van der Waals surface area contributed by atoms with Crippen LogP contribution in [0.1, 0.15) is 97.3 Å². The molecule has 25 heavy (non-hydrogen) atoms. The maximum atomic E-state index is 4.17. The van der Waals surface area contributed by atoms with Crippen molar-refractivity contribution >= 4 is 0 Å². The standard InChI is InChI=1S/C23H40N2/c1-3-19(4-2)23(25-21-14-9-6-10-15-21)17-11-16-22(18-23)24-20-12-7-5-8-13-20/h11,16-17,19-21,24-25H,3-10,12-15,18H2,1-2H3. The van der Waals surface area contributed by atoms with Gasteiger partial charge in [-0.2, -0.15) is 0 Å². The second kappa shape index (κ2) is 9.26. The van der Waals surface area contributed by atoms with Gasteiger partial charge in [-0.1, -0.05) is 77.4 Å². The first-order chi connectivity index (χ1) is 12.3. The average molecular weight is 345 g/mol. The van der Waals surface area contributed by atoms with E-state index in [0.29, 0.717) is 12.1 Å². The molecular formula is C23H40N2. The molecule has 0 radical (unpaired) electrons. The van der Waals surface area contributed by atoms with Crippen LogP contribution in [-0.4, -0.2) is 17.6 Å². The van der Waals surface area contributed by atoms with Gasteiger partial charge < -0.3 is 10.6 Å². The molecule has 3 aliphatic rings. The lowest BCUT2D eigenvalue weighted by atomic mass is 9.73. The van der Waals surface area contributed by atoms with E-state index >= 15 is 0 Å². The molecule has 0 bridgehead atoms. The summed E-state index contributed by atoms with van der Waals surface area (Å²) in [6.07, 6.45) is 24.8. The van der Waals surface area contributed by atoms with Crippen LogP contribution < -0.4 is 10.6 Å². The van der Waals surface area contributed by atoms with Gasteiger partial charge in [0.15, 0.2) is 0 Å². The lowest BCUT2D eigenvalue weighted by Gasteiger charge is -2.45.